The molecule has 7 heteroatoms. The van der Waals surface area contributed by atoms with Gasteiger partial charge in [-0.25, -0.2) is 5.43 Å². The van der Waals surface area contributed by atoms with E-state index in [1.54, 1.807) is 12.1 Å². The van der Waals surface area contributed by atoms with Crippen LogP contribution >= 0.6 is 0 Å². The summed E-state index contributed by atoms with van der Waals surface area (Å²) in [5.74, 6) is -0.771. The van der Waals surface area contributed by atoms with Gasteiger partial charge < -0.3 is 15.2 Å². The van der Waals surface area contributed by atoms with Gasteiger partial charge in [0.05, 0.1) is 25.8 Å². The Hall–Kier alpha value is -4.13. The number of carbonyl (C=O) groups is 2. The molecule has 0 fully saturated rings. The molecule has 158 valence electrons. The monoisotopic (exact) mass is 417 g/mol. The summed E-state index contributed by atoms with van der Waals surface area (Å²) in [6, 6.07) is 23.4. The van der Waals surface area contributed by atoms with Crippen LogP contribution in [-0.2, 0) is 9.59 Å². The van der Waals surface area contributed by atoms with Gasteiger partial charge in [-0.05, 0) is 29.3 Å². The lowest BCUT2D eigenvalue weighted by atomic mass is 9.90. The number of rotatable bonds is 8. The molecule has 0 aliphatic heterocycles. The molecule has 0 radical (unpaired) electrons. The highest BCUT2D eigenvalue weighted by Crippen LogP contribution is 2.24. The molecule has 3 N–H and O–H groups in total. The number of nitrogens with zero attached hydrogens (tertiary/aromatic N) is 1. The molecule has 0 atom stereocenters. The molecule has 0 saturated carbocycles. The largest absolute Gasteiger partial charge is 0.507 e. The molecule has 7 nitrogen and oxygen atoms in total. The number of nitrogens with one attached hydrogen (secondary N) is 2. The van der Waals surface area contributed by atoms with Crippen LogP contribution in [0.3, 0.4) is 0 Å². The third-order valence-corrected chi connectivity index (χ3v) is 4.58. The Bertz CT molecular complexity index is 1010. The second kappa shape index (κ2) is 10.6. The SMILES string of the molecule is COc1ccc(O)c(C=NNC(=O)CNC(=O)C(c2ccccc2)c2ccccc2)c1. The van der Waals surface area contributed by atoms with E-state index in [0.717, 1.165) is 11.1 Å². The second-order valence-corrected chi connectivity index (χ2v) is 6.69. The maximum absolute atomic E-state index is 12.9. The molecule has 0 aromatic heterocycles. The molecule has 31 heavy (non-hydrogen) atoms. The molecule has 0 aliphatic carbocycles. The molecular formula is C24H23N3O4. The van der Waals surface area contributed by atoms with Crippen molar-refractivity contribution in [1.82, 2.24) is 10.7 Å². The van der Waals surface area contributed by atoms with Crippen molar-refractivity contribution in [3.05, 3.63) is 95.6 Å². The van der Waals surface area contributed by atoms with Crippen LogP contribution in [0.15, 0.2) is 84.0 Å². The Labute approximate surface area is 180 Å². The highest BCUT2D eigenvalue weighted by molar-refractivity contribution is 5.91. The molecule has 0 bridgehead atoms. The fourth-order valence-electron chi connectivity index (χ4n) is 3.03. The summed E-state index contributed by atoms with van der Waals surface area (Å²) in [6.45, 7) is -0.240. The number of ether oxygens (including phenoxy) is 1. The van der Waals surface area contributed by atoms with E-state index >= 15 is 0 Å². The van der Waals surface area contributed by atoms with Crippen LogP contribution in [0.25, 0.3) is 0 Å². The Morgan fingerprint density at radius 2 is 1.61 bits per heavy atom. The zero-order chi connectivity index (χ0) is 22.1. The number of benzene rings is 3. The minimum absolute atomic E-state index is 0.000616. The summed E-state index contributed by atoms with van der Waals surface area (Å²) in [5.41, 5.74) is 4.38. The van der Waals surface area contributed by atoms with Gasteiger partial charge in [0.1, 0.15) is 11.5 Å². The number of hydrogen-bond donors (Lipinski definition) is 3. The van der Waals surface area contributed by atoms with Gasteiger partial charge in [0.25, 0.3) is 5.91 Å². The van der Waals surface area contributed by atoms with Crippen LogP contribution in [-0.4, -0.2) is 36.8 Å². The standard InChI is InChI=1S/C24H23N3O4/c1-31-20-12-13-21(28)19(14-20)15-26-27-22(29)16-25-24(30)23(17-8-4-2-5-9-17)18-10-6-3-7-11-18/h2-15,23,28H,16H2,1H3,(H,25,30)(H,27,29). The smallest absolute Gasteiger partial charge is 0.259 e. The predicted molar refractivity (Wildman–Crippen MR) is 118 cm³/mol. The third-order valence-electron chi connectivity index (χ3n) is 4.58. The van der Waals surface area contributed by atoms with E-state index in [-0.39, 0.29) is 18.2 Å². The van der Waals surface area contributed by atoms with Crippen molar-refractivity contribution in [3.63, 3.8) is 0 Å². The van der Waals surface area contributed by atoms with Crippen LogP contribution in [0.2, 0.25) is 0 Å². The molecule has 0 spiro atoms. The summed E-state index contributed by atoms with van der Waals surface area (Å²) in [4.78, 5) is 25.0. The van der Waals surface area contributed by atoms with E-state index in [4.69, 9.17) is 4.74 Å². The van der Waals surface area contributed by atoms with Gasteiger partial charge in [-0.15, -0.1) is 0 Å². The Morgan fingerprint density at radius 3 is 2.19 bits per heavy atom. The van der Waals surface area contributed by atoms with Crippen molar-refractivity contribution in [2.75, 3.05) is 13.7 Å². The predicted octanol–water partition coefficient (Wildman–Crippen LogP) is 2.80. The van der Waals surface area contributed by atoms with Gasteiger partial charge in [0.2, 0.25) is 5.91 Å². The average Bonchev–Trinajstić information content (AvgIpc) is 2.80. The third kappa shape index (κ3) is 5.93. The Balaban J connectivity index is 1.61. The fourth-order valence-corrected chi connectivity index (χ4v) is 3.03. The van der Waals surface area contributed by atoms with E-state index in [1.165, 1.54) is 19.4 Å². The molecule has 0 saturated heterocycles. The number of phenols is 1. The van der Waals surface area contributed by atoms with E-state index < -0.39 is 11.8 Å². The van der Waals surface area contributed by atoms with Gasteiger partial charge in [-0.3, -0.25) is 9.59 Å². The van der Waals surface area contributed by atoms with Crippen molar-refractivity contribution in [1.29, 1.82) is 0 Å². The summed E-state index contributed by atoms with van der Waals surface area (Å²) in [6.07, 6.45) is 1.30. The molecule has 2 amide bonds. The van der Waals surface area contributed by atoms with E-state index in [9.17, 15) is 14.7 Å². The topological polar surface area (TPSA) is 100 Å². The summed E-state index contributed by atoms with van der Waals surface area (Å²) in [7, 11) is 1.51. The van der Waals surface area contributed by atoms with Gasteiger partial charge in [0, 0.05) is 5.56 Å². The zero-order valence-corrected chi connectivity index (χ0v) is 17.0. The van der Waals surface area contributed by atoms with Crippen molar-refractivity contribution in [2.45, 2.75) is 5.92 Å². The van der Waals surface area contributed by atoms with Crippen molar-refractivity contribution in [2.24, 2.45) is 5.10 Å². The molecule has 0 unspecified atom stereocenters. The molecule has 3 aromatic carbocycles. The number of amides is 2. The summed E-state index contributed by atoms with van der Waals surface area (Å²) < 4.78 is 5.09. The fraction of sp³-hybridized carbons (Fsp3) is 0.125. The van der Waals surface area contributed by atoms with Gasteiger partial charge in [0.15, 0.2) is 0 Å². The van der Waals surface area contributed by atoms with Crippen molar-refractivity contribution >= 4 is 18.0 Å². The number of hydrogen-bond acceptors (Lipinski definition) is 5. The lowest BCUT2D eigenvalue weighted by molar-refractivity contribution is -0.126. The lowest BCUT2D eigenvalue weighted by Gasteiger charge is -2.17. The first kappa shape index (κ1) is 21.6. The highest BCUT2D eigenvalue weighted by Gasteiger charge is 2.22. The molecular weight excluding hydrogens is 394 g/mol. The first-order chi connectivity index (χ1) is 15.1. The molecule has 0 aliphatic rings. The zero-order valence-electron chi connectivity index (χ0n) is 17.0. The van der Waals surface area contributed by atoms with Crippen molar-refractivity contribution < 1.29 is 19.4 Å². The summed E-state index contributed by atoms with van der Waals surface area (Å²) in [5, 5.41) is 16.3. The number of carbonyl (C=O) groups excluding carboxylic acids is 2. The van der Waals surface area contributed by atoms with Gasteiger partial charge >= 0.3 is 0 Å². The van der Waals surface area contributed by atoms with Crippen LogP contribution in [0.1, 0.15) is 22.6 Å². The Kier molecular flexibility index (Phi) is 7.37. The Morgan fingerprint density at radius 1 is 1.00 bits per heavy atom. The first-order valence-electron chi connectivity index (χ1n) is 9.65. The van der Waals surface area contributed by atoms with E-state index in [1.807, 2.05) is 60.7 Å². The lowest BCUT2D eigenvalue weighted by Crippen LogP contribution is -2.37. The van der Waals surface area contributed by atoms with Crippen molar-refractivity contribution in [3.8, 4) is 11.5 Å². The maximum atomic E-state index is 12.9. The van der Waals surface area contributed by atoms with E-state index in [2.05, 4.69) is 15.8 Å². The van der Waals surface area contributed by atoms with E-state index in [0.29, 0.717) is 11.3 Å². The maximum Gasteiger partial charge on any atom is 0.259 e. The minimum Gasteiger partial charge on any atom is -0.507 e. The average molecular weight is 417 g/mol. The minimum atomic E-state index is -0.535. The number of hydrazone groups is 1. The quantitative estimate of drug-likeness (QED) is 0.388. The van der Waals surface area contributed by atoms with Gasteiger partial charge in [-0.2, -0.15) is 5.10 Å². The molecule has 3 aromatic rings. The van der Waals surface area contributed by atoms with Crippen LogP contribution in [0.5, 0.6) is 11.5 Å². The number of methoxy groups -OCH3 is 1. The van der Waals surface area contributed by atoms with Crippen LogP contribution in [0.4, 0.5) is 0 Å². The number of phenolic OH excluding ortho intramolecular Hbond substituents is 1. The highest BCUT2D eigenvalue weighted by atomic mass is 16.5. The molecule has 0 heterocycles. The number of aromatic hydroxyl groups is 1. The summed E-state index contributed by atoms with van der Waals surface area (Å²) >= 11 is 0. The molecule has 3 rings (SSSR count). The van der Waals surface area contributed by atoms with Gasteiger partial charge in [-0.1, -0.05) is 60.7 Å². The second-order valence-electron chi connectivity index (χ2n) is 6.69. The van der Waals surface area contributed by atoms with Crippen LogP contribution < -0.4 is 15.5 Å². The van der Waals surface area contributed by atoms with Crippen LogP contribution in [0, 0.1) is 0 Å². The first-order valence-corrected chi connectivity index (χ1v) is 9.65. The normalized spacial score (nSPS) is 10.8.